The van der Waals surface area contributed by atoms with Crippen LogP contribution in [0.2, 0.25) is 0 Å². The van der Waals surface area contributed by atoms with Gasteiger partial charge in [-0.05, 0) is 79.3 Å². The zero-order chi connectivity index (χ0) is 20.5. The molecule has 0 saturated carbocycles. The Kier molecular flexibility index (Phi) is 5.76. The molecule has 0 amide bonds. The number of nitrogens with zero attached hydrogens (tertiary/aromatic N) is 2. The molecular weight excluding hydrogens is 352 g/mol. The van der Waals surface area contributed by atoms with Crippen LogP contribution in [0.3, 0.4) is 0 Å². The van der Waals surface area contributed by atoms with Crippen LogP contribution in [0.4, 0.5) is 0 Å². The van der Waals surface area contributed by atoms with Gasteiger partial charge in [-0.2, -0.15) is 0 Å². The van der Waals surface area contributed by atoms with Crippen LogP contribution in [0.1, 0.15) is 54.1 Å². The highest BCUT2D eigenvalue weighted by atomic mass is 15.4. The maximum absolute atomic E-state index is 2.68. The molecule has 0 saturated heterocycles. The highest BCUT2D eigenvalue weighted by Crippen LogP contribution is 2.32. The molecule has 0 radical (unpaired) electrons. The second-order valence-electron chi connectivity index (χ2n) is 8.72. The largest absolute Gasteiger partial charge is 0.284 e. The molecule has 0 bridgehead atoms. The van der Waals surface area contributed by atoms with Gasteiger partial charge in [0.15, 0.2) is 0 Å². The second-order valence-corrected chi connectivity index (χ2v) is 8.72. The predicted octanol–water partition coefficient (Wildman–Crippen LogP) is 6.24. The van der Waals surface area contributed by atoms with Crippen molar-refractivity contribution in [1.29, 1.82) is 0 Å². The standard InChI is InChI=1S/C27H34N2/c1-6-27(29-15-14-23-16-19(2)20(3)17-24(23)18-29)28(5)21(4)25-13-9-11-22-10-7-8-12-26(22)25/h7-13,16-17,21,27H,6,14-15,18H2,1-5H3. The highest BCUT2D eigenvalue weighted by molar-refractivity contribution is 5.86. The Morgan fingerprint density at radius 1 is 0.966 bits per heavy atom. The van der Waals surface area contributed by atoms with E-state index in [1.165, 1.54) is 33.0 Å². The molecule has 2 atom stereocenters. The molecular formula is C27H34N2. The smallest absolute Gasteiger partial charge is 0.0625 e. The first-order chi connectivity index (χ1) is 14.0. The third-order valence-electron chi connectivity index (χ3n) is 7.00. The molecule has 1 aliphatic rings. The fraction of sp³-hybridized carbons (Fsp3) is 0.407. The number of hydrogen-bond donors (Lipinski definition) is 0. The molecule has 2 unspecified atom stereocenters. The molecule has 0 fully saturated rings. The van der Waals surface area contributed by atoms with Crippen LogP contribution in [0, 0.1) is 13.8 Å². The average Bonchev–Trinajstić information content (AvgIpc) is 2.74. The van der Waals surface area contributed by atoms with E-state index in [1.807, 2.05) is 0 Å². The van der Waals surface area contributed by atoms with Crippen molar-refractivity contribution in [1.82, 2.24) is 9.80 Å². The molecule has 29 heavy (non-hydrogen) atoms. The van der Waals surface area contributed by atoms with Crippen LogP contribution < -0.4 is 0 Å². The fourth-order valence-electron chi connectivity index (χ4n) is 5.03. The number of hydrogen-bond acceptors (Lipinski definition) is 2. The topological polar surface area (TPSA) is 6.48 Å². The van der Waals surface area contributed by atoms with E-state index in [-0.39, 0.29) is 0 Å². The Morgan fingerprint density at radius 2 is 1.66 bits per heavy atom. The molecule has 0 aliphatic carbocycles. The van der Waals surface area contributed by atoms with Gasteiger partial charge in [0.1, 0.15) is 0 Å². The molecule has 2 heteroatoms. The van der Waals surface area contributed by atoms with Crippen molar-refractivity contribution in [3.63, 3.8) is 0 Å². The summed E-state index contributed by atoms with van der Waals surface area (Å²) in [5.74, 6) is 0. The van der Waals surface area contributed by atoms with E-state index in [0.29, 0.717) is 12.2 Å². The lowest BCUT2D eigenvalue weighted by atomic mass is 9.93. The summed E-state index contributed by atoms with van der Waals surface area (Å²) in [6, 6.07) is 20.7. The molecule has 4 rings (SSSR count). The summed E-state index contributed by atoms with van der Waals surface area (Å²) in [5.41, 5.74) is 7.32. The first-order valence-corrected chi connectivity index (χ1v) is 11.0. The number of rotatable bonds is 5. The zero-order valence-corrected chi connectivity index (χ0v) is 18.6. The molecule has 0 aromatic heterocycles. The summed E-state index contributed by atoms with van der Waals surface area (Å²) in [6.45, 7) is 11.3. The van der Waals surface area contributed by atoms with E-state index in [9.17, 15) is 0 Å². The summed E-state index contributed by atoms with van der Waals surface area (Å²) in [4.78, 5) is 5.26. The van der Waals surface area contributed by atoms with Crippen molar-refractivity contribution in [2.24, 2.45) is 0 Å². The van der Waals surface area contributed by atoms with Gasteiger partial charge in [-0.15, -0.1) is 0 Å². The van der Waals surface area contributed by atoms with E-state index in [0.717, 1.165) is 25.9 Å². The van der Waals surface area contributed by atoms with Crippen molar-refractivity contribution >= 4 is 10.8 Å². The van der Waals surface area contributed by atoms with Gasteiger partial charge in [-0.1, -0.05) is 61.5 Å². The lowest BCUT2D eigenvalue weighted by Crippen LogP contribution is -2.49. The first kappa shape index (κ1) is 20.1. The second kappa shape index (κ2) is 8.30. The average molecular weight is 387 g/mol. The molecule has 1 aliphatic heterocycles. The van der Waals surface area contributed by atoms with Gasteiger partial charge in [0, 0.05) is 19.1 Å². The van der Waals surface area contributed by atoms with Gasteiger partial charge in [0.05, 0.1) is 6.17 Å². The minimum Gasteiger partial charge on any atom is -0.284 e. The van der Waals surface area contributed by atoms with Crippen molar-refractivity contribution in [2.75, 3.05) is 13.6 Å². The quantitative estimate of drug-likeness (QED) is 0.512. The lowest BCUT2D eigenvalue weighted by molar-refractivity contribution is 0.0236. The Labute approximate surface area is 176 Å². The molecule has 152 valence electrons. The minimum atomic E-state index is 0.368. The van der Waals surface area contributed by atoms with E-state index >= 15 is 0 Å². The van der Waals surface area contributed by atoms with Crippen LogP contribution in [0.15, 0.2) is 54.6 Å². The molecule has 0 N–H and O–H groups in total. The Morgan fingerprint density at radius 3 is 2.41 bits per heavy atom. The van der Waals surface area contributed by atoms with E-state index in [1.54, 1.807) is 5.56 Å². The first-order valence-electron chi connectivity index (χ1n) is 11.0. The summed E-state index contributed by atoms with van der Waals surface area (Å²) < 4.78 is 0. The third-order valence-corrected chi connectivity index (χ3v) is 7.00. The van der Waals surface area contributed by atoms with E-state index in [4.69, 9.17) is 0 Å². The summed E-state index contributed by atoms with van der Waals surface area (Å²) in [6.07, 6.45) is 2.73. The molecule has 1 heterocycles. The monoisotopic (exact) mass is 386 g/mol. The van der Waals surface area contributed by atoms with E-state index < -0.39 is 0 Å². The lowest BCUT2D eigenvalue weighted by Gasteiger charge is -2.43. The molecule has 0 spiro atoms. The van der Waals surface area contributed by atoms with Crippen LogP contribution >= 0.6 is 0 Å². The minimum absolute atomic E-state index is 0.368. The van der Waals surface area contributed by atoms with Crippen molar-refractivity contribution in [2.45, 2.75) is 59.3 Å². The van der Waals surface area contributed by atoms with Crippen LogP contribution in [0.25, 0.3) is 10.8 Å². The zero-order valence-electron chi connectivity index (χ0n) is 18.6. The Balaban J connectivity index is 1.59. The van der Waals surface area contributed by atoms with Gasteiger partial charge in [-0.3, -0.25) is 9.80 Å². The van der Waals surface area contributed by atoms with Gasteiger partial charge < -0.3 is 0 Å². The molecule has 3 aromatic carbocycles. The maximum Gasteiger partial charge on any atom is 0.0625 e. The normalized spacial score (nSPS) is 16.8. The Hall–Kier alpha value is -2.16. The summed E-state index contributed by atoms with van der Waals surface area (Å²) in [7, 11) is 2.30. The van der Waals surface area contributed by atoms with Crippen LogP contribution in [-0.2, 0) is 13.0 Å². The summed E-state index contributed by atoms with van der Waals surface area (Å²) in [5, 5.41) is 2.70. The molecule has 3 aromatic rings. The predicted molar refractivity (Wildman–Crippen MR) is 124 cm³/mol. The SMILES string of the molecule is CCC(N1CCc2cc(C)c(C)cc2C1)N(C)C(C)c1cccc2ccccc12. The van der Waals surface area contributed by atoms with Crippen molar-refractivity contribution in [3.8, 4) is 0 Å². The number of benzene rings is 3. The van der Waals surface area contributed by atoms with Gasteiger partial charge in [0.25, 0.3) is 0 Å². The number of fused-ring (bicyclic) bond motifs is 2. The van der Waals surface area contributed by atoms with Gasteiger partial charge >= 0.3 is 0 Å². The highest BCUT2D eigenvalue weighted by Gasteiger charge is 2.28. The van der Waals surface area contributed by atoms with Crippen LogP contribution in [0.5, 0.6) is 0 Å². The number of aryl methyl sites for hydroxylation is 2. The fourth-order valence-corrected chi connectivity index (χ4v) is 5.03. The maximum atomic E-state index is 2.68. The Bertz CT molecular complexity index is 1000. The van der Waals surface area contributed by atoms with Crippen LogP contribution in [-0.4, -0.2) is 29.6 Å². The van der Waals surface area contributed by atoms with Crippen molar-refractivity contribution < 1.29 is 0 Å². The van der Waals surface area contributed by atoms with Crippen molar-refractivity contribution in [3.05, 3.63) is 82.4 Å². The molecule has 2 nitrogen and oxygen atoms in total. The van der Waals surface area contributed by atoms with Gasteiger partial charge in [-0.25, -0.2) is 0 Å². The van der Waals surface area contributed by atoms with Gasteiger partial charge in [0.2, 0.25) is 0 Å². The third kappa shape index (κ3) is 3.84. The summed E-state index contributed by atoms with van der Waals surface area (Å²) >= 11 is 0. The van der Waals surface area contributed by atoms with E-state index in [2.05, 4.69) is 99.1 Å².